The number of amides is 2. The summed E-state index contributed by atoms with van der Waals surface area (Å²) in [6.45, 7) is 5.21. The molecule has 0 saturated carbocycles. The molecular weight excluding hydrogens is 328 g/mol. The van der Waals surface area contributed by atoms with Gasteiger partial charge in [-0.05, 0) is 49.7 Å². The van der Waals surface area contributed by atoms with Crippen LogP contribution in [0.1, 0.15) is 13.3 Å². The third kappa shape index (κ3) is 3.31. The van der Waals surface area contributed by atoms with E-state index in [1.807, 2.05) is 60.5 Å². The Balaban J connectivity index is 1.39. The standard InChI is InChI=1S/C20H24N4O2/c1-2-26-17-8-6-16(7-9-17)22-20(25)24-12-10-15-13-23(14-18(15)24)19-5-3-4-11-21-19/h3-9,11,15,18H,2,10,12-14H2,1H3,(H,22,25). The summed E-state index contributed by atoms with van der Waals surface area (Å²) < 4.78 is 5.44. The minimum Gasteiger partial charge on any atom is -0.494 e. The molecule has 1 aromatic carbocycles. The molecule has 26 heavy (non-hydrogen) atoms. The second kappa shape index (κ2) is 7.23. The maximum absolute atomic E-state index is 12.8. The van der Waals surface area contributed by atoms with Gasteiger partial charge in [0.15, 0.2) is 0 Å². The first kappa shape index (κ1) is 16.7. The first-order valence-electron chi connectivity index (χ1n) is 9.21. The van der Waals surface area contributed by atoms with Crippen molar-refractivity contribution in [3.63, 3.8) is 0 Å². The Bertz CT molecular complexity index is 750. The van der Waals surface area contributed by atoms with E-state index in [1.54, 1.807) is 0 Å². The van der Waals surface area contributed by atoms with Gasteiger partial charge in [-0.2, -0.15) is 0 Å². The normalized spacial score (nSPS) is 21.6. The number of hydrogen-bond donors (Lipinski definition) is 1. The zero-order chi connectivity index (χ0) is 17.9. The van der Waals surface area contributed by atoms with Gasteiger partial charge in [-0.25, -0.2) is 9.78 Å². The molecule has 2 aliphatic rings. The molecule has 1 N–H and O–H groups in total. The Labute approximate surface area is 153 Å². The van der Waals surface area contributed by atoms with Crippen molar-refractivity contribution in [1.29, 1.82) is 0 Å². The predicted molar refractivity (Wildman–Crippen MR) is 102 cm³/mol. The van der Waals surface area contributed by atoms with Gasteiger partial charge in [-0.15, -0.1) is 0 Å². The number of ether oxygens (including phenoxy) is 1. The SMILES string of the molecule is CCOc1ccc(NC(=O)N2CCC3CN(c4ccccn4)CC32)cc1. The maximum atomic E-state index is 12.8. The summed E-state index contributed by atoms with van der Waals surface area (Å²) in [5.41, 5.74) is 0.793. The van der Waals surface area contributed by atoms with Crippen molar-refractivity contribution in [2.24, 2.45) is 5.92 Å². The van der Waals surface area contributed by atoms with Crippen LogP contribution in [-0.4, -0.2) is 48.2 Å². The first-order valence-corrected chi connectivity index (χ1v) is 9.21. The Morgan fingerprint density at radius 1 is 1.23 bits per heavy atom. The van der Waals surface area contributed by atoms with Crippen LogP contribution >= 0.6 is 0 Å². The molecule has 0 radical (unpaired) electrons. The molecule has 136 valence electrons. The zero-order valence-electron chi connectivity index (χ0n) is 15.0. The van der Waals surface area contributed by atoms with Crippen molar-refractivity contribution in [1.82, 2.24) is 9.88 Å². The average molecular weight is 352 g/mol. The van der Waals surface area contributed by atoms with E-state index >= 15 is 0 Å². The van der Waals surface area contributed by atoms with Gasteiger partial charge in [0, 0.05) is 37.4 Å². The van der Waals surface area contributed by atoms with Crippen molar-refractivity contribution in [3.8, 4) is 5.75 Å². The average Bonchev–Trinajstić information content (AvgIpc) is 3.25. The molecule has 2 fully saturated rings. The molecule has 1 aromatic heterocycles. The fourth-order valence-electron chi connectivity index (χ4n) is 3.94. The van der Waals surface area contributed by atoms with Crippen LogP contribution in [0.4, 0.5) is 16.3 Å². The lowest BCUT2D eigenvalue weighted by atomic mass is 10.1. The quantitative estimate of drug-likeness (QED) is 0.918. The summed E-state index contributed by atoms with van der Waals surface area (Å²) in [6.07, 6.45) is 2.87. The van der Waals surface area contributed by atoms with Gasteiger partial charge in [-0.1, -0.05) is 6.07 Å². The zero-order valence-corrected chi connectivity index (χ0v) is 15.0. The van der Waals surface area contributed by atoms with Gasteiger partial charge >= 0.3 is 6.03 Å². The summed E-state index contributed by atoms with van der Waals surface area (Å²) >= 11 is 0. The molecule has 2 aliphatic heterocycles. The summed E-state index contributed by atoms with van der Waals surface area (Å²) in [5.74, 6) is 2.32. The number of carbonyl (C=O) groups excluding carboxylic acids is 1. The fourth-order valence-corrected chi connectivity index (χ4v) is 3.94. The lowest BCUT2D eigenvalue weighted by Crippen LogP contribution is -2.42. The van der Waals surface area contributed by atoms with E-state index in [4.69, 9.17) is 4.74 Å². The number of benzene rings is 1. The second-order valence-corrected chi connectivity index (χ2v) is 6.79. The van der Waals surface area contributed by atoms with E-state index < -0.39 is 0 Å². The molecule has 2 atom stereocenters. The Morgan fingerprint density at radius 2 is 2.08 bits per heavy atom. The number of anilines is 2. The number of aromatic nitrogens is 1. The molecular formula is C20H24N4O2. The minimum atomic E-state index is -0.0236. The lowest BCUT2D eigenvalue weighted by Gasteiger charge is -2.25. The number of pyridine rings is 1. The molecule has 6 nitrogen and oxygen atoms in total. The molecule has 0 aliphatic carbocycles. The minimum absolute atomic E-state index is 0.0236. The van der Waals surface area contributed by atoms with Crippen molar-refractivity contribution in [3.05, 3.63) is 48.7 Å². The predicted octanol–water partition coefficient (Wildman–Crippen LogP) is 3.22. The van der Waals surface area contributed by atoms with Gasteiger partial charge in [0.2, 0.25) is 0 Å². The van der Waals surface area contributed by atoms with Gasteiger partial charge in [0.1, 0.15) is 11.6 Å². The van der Waals surface area contributed by atoms with Crippen molar-refractivity contribution >= 4 is 17.5 Å². The highest BCUT2D eigenvalue weighted by atomic mass is 16.5. The summed E-state index contributed by atoms with van der Waals surface area (Å²) in [7, 11) is 0. The van der Waals surface area contributed by atoms with Crippen LogP contribution in [0.15, 0.2) is 48.7 Å². The highest BCUT2D eigenvalue weighted by Gasteiger charge is 2.43. The van der Waals surface area contributed by atoms with E-state index in [0.717, 1.165) is 43.3 Å². The number of likely N-dealkylation sites (tertiary alicyclic amines) is 1. The van der Waals surface area contributed by atoms with E-state index in [2.05, 4.69) is 15.2 Å². The maximum Gasteiger partial charge on any atom is 0.322 e. The Hall–Kier alpha value is -2.76. The highest BCUT2D eigenvalue weighted by Crippen LogP contribution is 2.33. The molecule has 3 heterocycles. The van der Waals surface area contributed by atoms with Crippen LogP contribution in [-0.2, 0) is 0 Å². The number of nitrogens with zero attached hydrogens (tertiary/aromatic N) is 3. The molecule has 0 spiro atoms. The van der Waals surface area contributed by atoms with Crippen LogP contribution in [0.2, 0.25) is 0 Å². The Kier molecular flexibility index (Phi) is 4.65. The summed E-state index contributed by atoms with van der Waals surface area (Å²) in [5, 5.41) is 3.02. The van der Waals surface area contributed by atoms with Crippen LogP contribution in [0.3, 0.4) is 0 Å². The monoisotopic (exact) mass is 352 g/mol. The van der Waals surface area contributed by atoms with Gasteiger partial charge < -0.3 is 19.9 Å². The van der Waals surface area contributed by atoms with E-state index in [1.165, 1.54) is 0 Å². The van der Waals surface area contributed by atoms with Crippen molar-refractivity contribution in [2.45, 2.75) is 19.4 Å². The van der Waals surface area contributed by atoms with Gasteiger partial charge in [0.25, 0.3) is 0 Å². The van der Waals surface area contributed by atoms with Gasteiger partial charge in [0.05, 0.1) is 12.6 Å². The molecule has 2 aromatic rings. The largest absolute Gasteiger partial charge is 0.494 e. The number of fused-ring (bicyclic) bond motifs is 1. The van der Waals surface area contributed by atoms with Crippen LogP contribution < -0.4 is 15.0 Å². The second-order valence-electron chi connectivity index (χ2n) is 6.79. The molecule has 2 amide bonds. The number of hydrogen-bond acceptors (Lipinski definition) is 4. The van der Waals surface area contributed by atoms with Crippen LogP contribution in [0, 0.1) is 5.92 Å². The Morgan fingerprint density at radius 3 is 2.81 bits per heavy atom. The van der Waals surface area contributed by atoms with Crippen molar-refractivity contribution in [2.75, 3.05) is 36.5 Å². The summed E-state index contributed by atoms with van der Waals surface area (Å²) in [6, 6.07) is 13.7. The smallest absolute Gasteiger partial charge is 0.322 e. The van der Waals surface area contributed by atoms with Gasteiger partial charge in [-0.3, -0.25) is 0 Å². The molecule has 6 heteroatoms. The van der Waals surface area contributed by atoms with E-state index in [-0.39, 0.29) is 12.1 Å². The molecule has 2 saturated heterocycles. The van der Waals surface area contributed by atoms with Crippen LogP contribution in [0.25, 0.3) is 0 Å². The fraction of sp³-hybridized carbons (Fsp3) is 0.400. The first-order chi connectivity index (χ1) is 12.7. The summed E-state index contributed by atoms with van der Waals surface area (Å²) in [4.78, 5) is 21.5. The third-order valence-corrected chi connectivity index (χ3v) is 5.20. The van der Waals surface area contributed by atoms with Crippen LogP contribution in [0.5, 0.6) is 5.75 Å². The number of rotatable bonds is 4. The molecule has 0 bridgehead atoms. The molecule has 2 unspecified atom stereocenters. The number of nitrogens with one attached hydrogen (secondary N) is 1. The van der Waals surface area contributed by atoms with E-state index in [0.29, 0.717) is 12.5 Å². The molecule has 4 rings (SSSR count). The van der Waals surface area contributed by atoms with Crippen molar-refractivity contribution < 1.29 is 9.53 Å². The van der Waals surface area contributed by atoms with E-state index in [9.17, 15) is 4.79 Å². The third-order valence-electron chi connectivity index (χ3n) is 5.20. The lowest BCUT2D eigenvalue weighted by molar-refractivity contribution is 0.207. The number of urea groups is 1. The topological polar surface area (TPSA) is 57.7 Å². The highest BCUT2D eigenvalue weighted by molar-refractivity contribution is 5.90. The number of carbonyl (C=O) groups is 1.